The molecular formula is C17H18BrN7O6. The molecule has 0 radical (unpaired) electrons. The molecule has 3 aromatic heterocycles. The summed E-state index contributed by atoms with van der Waals surface area (Å²) >= 11 is 3.12. The second-order valence-electron chi connectivity index (χ2n) is 6.55. The first-order valence-corrected chi connectivity index (χ1v) is 9.98. The van der Waals surface area contributed by atoms with Crippen LogP contribution in [0.5, 0.6) is 0 Å². The number of fused-ring (bicyclic) bond motifs is 1. The molecule has 2 amide bonds. The first kappa shape index (κ1) is 21.2. The number of likely N-dealkylation sites (N-methyl/N-ethyl adjacent to an activating group) is 1. The third-order valence-electron chi connectivity index (χ3n) is 4.57. The third kappa shape index (κ3) is 3.97. The summed E-state index contributed by atoms with van der Waals surface area (Å²) in [6.45, 7) is 2.08. The van der Waals surface area contributed by atoms with E-state index in [-0.39, 0.29) is 22.7 Å². The summed E-state index contributed by atoms with van der Waals surface area (Å²) in [5.74, 6) is -0.830. The van der Waals surface area contributed by atoms with Crippen molar-refractivity contribution in [1.82, 2.24) is 30.3 Å². The van der Waals surface area contributed by atoms with Crippen molar-refractivity contribution in [2.24, 2.45) is 0 Å². The molecule has 4 rings (SSSR count). The number of furan rings is 1. The highest BCUT2D eigenvalue weighted by atomic mass is 79.9. The van der Waals surface area contributed by atoms with E-state index in [9.17, 15) is 19.8 Å². The molecule has 13 nitrogen and oxygen atoms in total. The Labute approximate surface area is 182 Å². The largest absolute Gasteiger partial charge is 0.444 e. The summed E-state index contributed by atoms with van der Waals surface area (Å²) in [7, 11) is 0. The Kier molecular flexibility index (Phi) is 5.86. The van der Waals surface area contributed by atoms with E-state index in [0.29, 0.717) is 11.2 Å². The molecule has 1 fully saturated rings. The molecule has 0 aliphatic carbocycles. The van der Waals surface area contributed by atoms with Crippen LogP contribution in [-0.4, -0.2) is 66.4 Å². The van der Waals surface area contributed by atoms with Gasteiger partial charge < -0.3 is 24.7 Å². The number of aliphatic hydroxyl groups excluding tert-OH is 2. The number of amides is 2. The van der Waals surface area contributed by atoms with E-state index in [1.54, 1.807) is 13.0 Å². The molecule has 14 heteroatoms. The van der Waals surface area contributed by atoms with Crippen molar-refractivity contribution < 1.29 is 29.0 Å². The zero-order chi connectivity index (χ0) is 22.1. The molecule has 1 aliphatic heterocycles. The number of hydrazine groups is 1. The standard InChI is InChI=1S/C17H18BrN7O6/c1-2-19-16(29)12-10(26)11(27)17(31-12)25-6-22-9-13(20-5-21-14(9)25)23-24-15(28)7-3-4-8(18)30-7/h3-6,10-12,17,26-27H,2H2,1H3,(H,19,29)(H,24,28)(H,20,21,23)/t10-,11+,12-,17+/m1/s1. The van der Waals surface area contributed by atoms with Crippen LogP contribution in [0.15, 0.2) is 33.9 Å². The second kappa shape index (κ2) is 8.58. The summed E-state index contributed by atoms with van der Waals surface area (Å²) in [4.78, 5) is 36.6. The molecule has 0 spiro atoms. The van der Waals surface area contributed by atoms with Crippen LogP contribution in [0.25, 0.3) is 11.2 Å². The Hall–Kier alpha value is -3.07. The van der Waals surface area contributed by atoms with E-state index in [1.165, 1.54) is 23.3 Å². The zero-order valence-corrected chi connectivity index (χ0v) is 17.6. The Morgan fingerprint density at radius 2 is 2.03 bits per heavy atom. The minimum absolute atomic E-state index is 0.0723. The number of carbonyl (C=O) groups is 2. The first-order valence-electron chi connectivity index (χ1n) is 9.19. The second-order valence-corrected chi connectivity index (χ2v) is 7.33. The predicted octanol–water partition coefficient (Wildman–Crippen LogP) is -0.306. The van der Waals surface area contributed by atoms with Crippen molar-refractivity contribution >= 4 is 44.7 Å². The van der Waals surface area contributed by atoms with Gasteiger partial charge in [0.1, 0.15) is 18.5 Å². The van der Waals surface area contributed by atoms with Gasteiger partial charge in [-0.05, 0) is 35.0 Å². The zero-order valence-electron chi connectivity index (χ0n) is 16.0. The highest BCUT2D eigenvalue weighted by molar-refractivity contribution is 9.10. The van der Waals surface area contributed by atoms with Crippen LogP contribution in [0.2, 0.25) is 0 Å². The Morgan fingerprint density at radius 3 is 2.74 bits per heavy atom. The number of rotatable bonds is 6. The molecule has 1 saturated heterocycles. The van der Waals surface area contributed by atoms with Crippen molar-refractivity contribution in [3.63, 3.8) is 0 Å². The molecule has 0 saturated carbocycles. The number of aliphatic hydroxyl groups is 2. The number of carbonyl (C=O) groups excluding carboxylic acids is 2. The van der Waals surface area contributed by atoms with Gasteiger partial charge in [0.2, 0.25) is 0 Å². The normalized spacial score (nSPS) is 23.1. The SMILES string of the molecule is CCNC(=O)[C@@H]1O[C@H](n2cnc3c(NNC(=O)c4ccc(Br)o4)ncnc32)[C@@H](O)[C@H]1O. The van der Waals surface area contributed by atoms with Gasteiger partial charge >= 0.3 is 5.91 Å². The van der Waals surface area contributed by atoms with E-state index in [2.05, 4.69) is 47.1 Å². The van der Waals surface area contributed by atoms with Crippen LogP contribution >= 0.6 is 15.9 Å². The van der Waals surface area contributed by atoms with Crippen LogP contribution in [0.1, 0.15) is 23.7 Å². The fraction of sp³-hybridized carbons (Fsp3) is 0.353. The number of nitrogens with zero attached hydrogens (tertiary/aromatic N) is 4. The molecule has 0 bridgehead atoms. The summed E-state index contributed by atoms with van der Waals surface area (Å²) in [6, 6.07) is 3.06. The van der Waals surface area contributed by atoms with Gasteiger partial charge in [0.05, 0.1) is 6.33 Å². The number of imidazole rings is 1. The number of halogens is 1. The van der Waals surface area contributed by atoms with Gasteiger partial charge in [-0.2, -0.15) is 0 Å². The van der Waals surface area contributed by atoms with E-state index < -0.39 is 36.4 Å². The Morgan fingerprint density at radius 1 is 1.23 bits per heavy atom. The molecule has 5 N–H and O–H groups in total. The number of aromatic nitrogens is 4. The lowest BCUT2D eigenvalue weighted by molar-refractivity contribution is -0.137. The van der Waals surface area contributed by atoms with Crippen molar-refractivity contribution in [1.29, 1.82) is 0 Å². The summed E-state index contributed by atoms with van der Waals surface area (Å²) < 4.78 is 12.5. The van der Waals surface area contributed by atoms with Crippen molar-refractivity contribution in [3.8, 4) is 0 Å². The van der Waals surface area contributed by atoms with Gasteiger partial charge in [0, 0.05) is 6.54 Å². The van der Waals surface area contributed by atoms with Gasteiger partial charge in [-0.1, -0.05) is 0 Å². The molecule has 3 aromatic rings. The molecule has 0 unspecified atom stereocenters. The molecule has 4 heterocycles. The quantitative estimate of drug-likeness (QED) is 0.285. The number of anilines is 1. The maximum Gasteiger partial charge on any atom is 0.305 e. The van der Waals surface area contributed by atoms with Crippen LogP contribution in [0.4, 0.5) is 5.82 Å². The minimum Gasteiger partial charge on any atom is -0.444 e. The van der Waals surface area contributed by atoms with Crippen LogP contribution in [0, 0.1) is 0 Å². The molecule has 31 heavy (non-hydrogen) atoms. The topological polar surface area (TPSA) is 177 Å². The molecular weight excluding hydrogens is 478 g/mol. The monoisotopic (exact) mass is 495 g/mol. The van der Waals surface area contributed by atoms with Gasteiger partial charge in [0.25, 0.3) is 5.91 Å². The van der Waals surface area contributed by atoms with E-state index in [1.807, 2.05) is 0 Å². The van der Waals surface area contributed by atoms with E-state index >= 15 is 0 Å². The predicted molar refractivity (Wildman–Crippen MR) is 107 cm³/mol. The van der Waals surface area contributed by atoms with Crippen molar-refractivity contribution in [3.05, 3.63) is 35.2 Å². The number of hydrogen-bond donors (Lipinski definition) is 5. The number of hydrogen-bond acceptors (Lipinski definition) is 10. The van der Waals surface area contributed by atoms with Gasteiger partial charge in [-0.25, -0.2) is 15.0 Å². The maximum atomic E-state index is 12.1. The van der Waals surface area contributed by atoms with Crippen molar-refractivity contribution in [2.75, 3.05) is 12.0 Å². The fourth-order valence-corrected chi connectivity index (χ4v) is 3.43. The van der Waals surface area contributed by atoms with Crippen LogP contribution < -0.4 is 16.2 Å². The molecule has 0 aromatic carbocycles. The summed E-state index contributed by atoms with van der Waals surface area (Å²) in [5.41, 5.74) is 5.59. The summed E-state index contributed by atoms with van der Waals surface area (Å²) in [5, 5.41) is 23.2. The summed E-state index contributed by atoms with van der Waals surface area (Å²) in [6.07, 6.45) is -2.63. The Bertz CT molecular complexity index is 1120. The van der Waals surface area contributed by atoms with Gasteiger partial charge in [-0.3, -0.25) is 25.0 Å². The number of ether oxygens (including phenoxy) is 1. The average molecular weight is 496 g/mol. The highest BCUT2D eigenvalue weighted by Gasteiger charge is 2.47. The van der Waals surface area contributed by atoms with Crippen molar-refractivity contribution in [2.45, 2.75) is 31.5 Å². The van der Waals surface area contributed by atoms with E-state index in [4.69, 9.17) is 9.15 Å². The molecule has 1 aliphatic rings. The highest BCUT2D eigenvalue weighted by Crippen LogP contribution is 2.32. The van der Waals surface area contributed by atoms with E-state index in [0.717, 1.165) is 0 Å². The van der Waals surface area contributed by atoms with Gasteiger partial charge in [-0.15, -0.1) is 0 Å². The molecule has 164 valence electrons. The maximum absolute atomic E-state index is 12.1. The minimum atomic E-state index is -1.43. The lowest BCUT2D eigenvalue weighted by Crippen LogP contribution is -2.42. The lowest BCUT2D eigenvalue weighted by atomic mass is 10.1. The van der Waals surface area contributed by atoms with Crippen LogP contribution in [-0.2, 0) is 9.53 Å². The van der Waals surface area contributed by atoms with Crippen LogP contribution in [0.3, 0.4) is 0 Å². The first-order chi connectivity index (χ1) is 14.9. The lowest BCUT2D eigenvalue weighted by Gasteiger charge is -2.16. The van der Waals surface area contributed by atoms with Gasteiger partial charge in [0.15, 0.2) is 39.7 Å². The smallest absolute Gasteiger partial charge is 0.305 e. The fourth-order valence-electron chi connectivity index (χ4n) is 3.12. The molecule has 4 atom stereocenters. The third-order valence-corrected chi connectivity index (χ3v) is 5.00. The number of nitrogens with one attached hydrogen (secondary N) is 3. The average Bonchev–Trinajstić information content (AvgIpc) is 3.45. The Balaban J connectivity index is 1.55.